The van der Waals surface area contributed by atoms with Crippen molar-refractivity contribution in [2.45, 2.75) is 89.7 Å². The summed E-state index contributed by atoms with van der Waals surface area (Å²) in [4.78, 5) is 26.8. The summed E-state index contributed by atoms with van der Waals surface area (Å²) in [5, 5.41) is 13.6. The summed E-state index contributed by atoms with van der Waals surface area (Å²) in [6.07, 6.45) is 6.59. The monoisotopic (exact) mass is 459 g/mol. The van der Waals surface area contributed by atoms with Gasteiger partial charge in [0.05, 0.1) is 23.5 Å². The second kappa shape index (κ2) is 10.6. The molecule has 1 amide bonds. The van der Waals surface area contributed by atoms with Crippen molar-refractivity contribution in [1.82, 2.24) is 5.32 Å². The number of aliphatic hydroxyl groups is 1. The zero-order chi connectivity index (χ0) is 24.1. The first-order valence-electron chi connectivity index (χ1n) is 12.3. The maximum absolute atomic E-state index is 13.8. The molecule has 2 aliphatic carbocycles. The fourth-order valence-corrected chi connectivity index (χ4v) is 5.45. The molecule has 2 N–H and O–H groups in total. The van der Waals surface area contributed by atoms with Crippen LogP contribution in [0.15, 0.2) is 24.3 Å². The minimum Gasteiger partial charge on any atom is -0.460 e. The van der Waals surface area contributed by atoms with Crippen LogP contribution in [0.3, 0.4) is 0 Å². The predicted octanol–water partition coefficient (Wildman–Crippen LogP) is 3.97. The highest BCUT2D eigenvalue weighted by atomic mass is 16.6. The summed E-state index contributed by atoms with van der Waals surface area (Å²) in [5.74, 6) is -0.688. The number of hydrogen-bond acceptors (Lipinski definition) is 5. The molecule has 0 aliphatic heterocycles. The van der Waals surface area contributed by atoms with Gasteiger partial charge in [-0.2, -0.15) is 0 Å². The minimum atomic E-state index is -0.658. The molecule has 1 aromatic rings. The van der Waals surface area contributed by atoms with Crippen LogP contribution in [0.25, 0.3) is 0 Å². The van der Waals surface area contributed by atoms with Crippen molar-refractivity contribution in [2.24, 2.45) is 11.3 Å². The lowest BCUT2D eigenvalue weighted by Gasteiger charge is -2.41. The molecular weight excluding hydrogens is 418 g/mol. The Kier molecular flexibility index (Phi) is 8.22. The predicted molar refractivity (Wildman–Crippen MR) is 128 cm³/mol. The van der Waals surface area contributed by atoms with Gasteiger partial charge in [-0.05, 0) is 76.8 Å². The van der Waals surface area contributed by atoms with E-state index in [2.05, 4.69) is 17.4 Å². The topological polar surface area (TPSA) is 84.9 Å². The van der Waals surface area contributed by atoms with Crippen LogP contribution in [0.5, 0.6) is 0 Å². The van der Waals surface area contributed by atoms with Gasteiger partial charge in [0.15, 0.2) is 0 Å². The summed E-state index contributed by atoms with van der Waals surface area (Å²) < 4.78 is 11.0. The number of amides is 1. The SMILES string of the molecule is COCCC(CC1(C(=O)NC2(CO)CCc3ccccc3C2)CCCC1)C(=O)OC(C)(C)C. The quantitative estimate of drug-likeness (QED) is 0.546. The van der Waals surface area contributed by atoms with E-state index in [0.717, 1.165) is 32.1 Å². The molecule has 2 aliphatic rings. The Morgan fingerprint density at radius 2 is 1.79 bits per heavy atom. The van der Waals surface area contributed by atoms with E-state index in [-0.39, 0.29) is 18.5 Å². The number of hydrogen-bond donors (Lipinski definition) is 2. The fourth-order valence-electron chi connectivity index (χ4n) is 5.45. The van der Waals surface area contributed by atoms with Gasteiger partial charge in [0.25, 0.3) is 0 Å². The maximum atomic E-state index is 13.8. The van der Waals surface area contributed by atoms with E-state index in [9.17, 15) is 14.7 Å². The molecule has 0 bridgehead atoms. The summed E-state index contributed by atoms with van der Waals surface area (Å²) in [6, 6.07) is 8.25. The van der Waals surface area contributed by atoms with E-state index in [0.29, 0.717) is 32.3 Å². The van der Waals surface area contributed by atoms with Crippen LogP contribution in [0.2, 0.25) is 0 Å². The van der Waals surface area contributed by atoms with Gasteiger partial charge >= 0.3 is 5.97 Å². The summed E-state index contributed by atoms with van der Waals surface area (Å²) in [5.41, 5.74) is 0.620. The smallest absolute Gasteiger partial charge is 0.309 e. The van der Waals surface area contributed by atoms with E-state index < -0.39 is 22.5 Å². The zero-order valence-corrected chi connectivity index (χ0v) is 20.7. The Labute approximate surface area is 198 Å². The normalized spacial score (nSPS) is 22.9. The molecule has 1 aromatic carbocycles. The van der Waals surface area contributed by atoms with Crippen molar-refractivity contribution in [3.63, 3.8) is 0 Å². The Morgan fingerprint density at radius 1 is 1.12 bits per heavy atom. The van der Waals surface area contributed by atoms with Gasteiger partial charge in [0.1, 0.15) is 5.60 Å². The number of carbonyl (C=O) groups is 2. The Morgan fingerprint density at radius 3 is 2.39 bits per heavy atom. The standard InChI is InChI=1S/C27H41NO5/c1-25(2,3)33-23(30)22(12-16-32-4)17-26(13-7-8-14-26)24(31)28-27(19-29)15-11-20-9-5-6-10-21(20)18-27/h5-6,9-10,22,29H,7-8,11-19H2,1-4H3,(H,28,31). The van der Waals surface area contributed by atoms with Crippen molar-refractivity contribution in [1.29, 1.82) is 0 Å². The lowest BCUT2D eigenvalue weighted by Crippen LogP contribution is -2.58. The van der Waals surface area contributed by atoms with Crippen LogP contribution in [-0.4, -0.2) is 48.4 Å². The molecule has 6 heteroatoms. The van der Waals surface area contributed by atoms with Crippen LogP contribution in [0.1, 0.15) is 76.8 Å². The number of methoxy groups -OCH3 is 1. The molecule has 2 unspecified atom stereocenters. The third kappa shape index (κ3) is 6.36. The van der Waals surface area contributed by atoms with Crippen LogP contribution >= 0.6 is 0 Å². The maximum Gasteiger partial charge on any atom is 0.309 e. The number of carbonyl (C=O) groups excluding carboxylic acids is 2. The first-order valence-corrected chi connectivity index (χ1v) is 12.3. The third-order valence-corrected chi connectivity index (χ3v) is 7.29. The number of ether oxygens (including phenoxy) is 2. The molecule has 0 radical (unpaired) electrons. The molecule has 3 rings (SSSR count). The van der Waals surface area contributed by atoms with Gasteiger partial charge in [0, 0.05) is 13.7 Å². The van der Waals surface area contributed by atoms with E-state index in [1.54, 1.807) is 7.11 Å². The third-order valence-electron chi connectivity index (χ3n) is 7.29. The molecule has 1 saturated carbocycles. The molecule has 0 heterocycles. The van der Waals surface area contributed by atoms with Crippen molar-refractivity contribution in [3.8, 4) is 0 Å². The van der Waals surface area contributed by atoms with Crippen LogP contribution in [-0.2, 0) is 31.9 Å². The first kappa shape index (κ1) is 25.7. The average molecular weight is 460 g/mol. The summed E-state index contributed by atoms with van der Waals surface area (Å²) in [6.45, 7) is 5.94. The highest BCUT2D eigenvalue weighted by molar-refractivity contribution is 5.85. The Balaban J connectivity index is 1.79. The minimum absolute atomic E-state index is 0.0283. The second-order valence-electron chi connectivity index (χ2n) is 11.0. The number of aryl methyl sites for hydroxylation is 1. The number of aliphatic hydroxyl groups excluding tert-OH is 1. The van der Waals surface area contributed by atoms with Gasteiger partial charge < -0.3 is 19.9 Å². The van der Waals surface area contributed by atoms with Crippen LogP contribution in [0, 0.1) is 11.3 Å². The number of nitrogens with one attached hydrogen (secondary N) is 1. The molecule has 1 fully saturated rings. The van der Waals surface area contributed by atoms with E-state index in [1.807, 2.05) is 32.9 Å². The van der Waals surface area contributed by atoms with Crippen molar-refractivity contribution in [3.05, 3.63) is 35.4 Å². The first-order chi connectivity index (χ1) is 15.6. The Hall–Kier alpha value is -1.92. The Bertz CT molecular complexity index is 824. The van der Waals surface area contributed by atoms with Crippen LogP contribution < -0.4 is 5.32 Å². The lowest BCUT2D eigenvalue weighted by atomic mass is 9.73. The molecule has 2 atom stereocenters. The van der Waals surface area contributed by atoms with Gasteiger partial charge in [-0.15, -0.1) is 0 Å². The molecule has 0 aromatic heterocycles. The number of fused-ring (bicyclic) bond motifs is 1. The van der Waals surface area contributed by atoms with Crippen molar-refractivity contribution < 1.29 is 24.2 Å². The summed E-state index contributed by atoms with van der Waals surface area (Å²) >= 11 is 0. The number of benzene rings is 1. The van der Waals surface area contributed by atoms with Crippen molar-refractivity contribution >= 4 is 11.9 Å². The van der Waals surface area contributed by atoms with Crippen molar-refractivity contribution in [2.75, 3.05) is 20.3 Å². The van der Waals surface area contributed by atoms with Gasteiger partial charge in [-0.25, -0.2) is 0 Å². The highest BCUT2D eigenvalue weighted by Gasteiger charge is 2.47. The lowest BCUT2D eigenvalue weighted by molar-refractivity contribution is -0.162. The number of rotatable bonds is 9. The van der Waals surface area contributed by atoms with E-state index in [1.165, 1.54) is 11.1 Å². The van der Waals surface area contributed by atoms with E-state index in [4.69, 9.17) is 9.47 Å². The molecule has 0 saturated heterocycles. The van der Waals surface area contributed by atoms with Gasteiger partial charge in [0.2, 0.25) is 5.91 Å². The highest BCUT2D eigenvalue weighted by Crippen LogP contribution is 2.45. The molecule has 184 valence electrons. The molecule has 0 spiro atoms. The fraction of sp³-hybridized carbons (Fsp3) is 0.704. The molecule has 6 nitrogen and oxygen atoms in total. The van der Waals surface area contributed by atoms with E-state index >= 15 is 0 Å². The summed E-state index contributed by atoms with van der Waals surface area (Å²) in [7, 11) is 1.62. The second-order valence-corrected chi connectivity index (χ2v) is 11.0. The number of esters is 1. The molecular formula is C27H41NO5. The molecule has 33 heavy (non-hydrogen) atoms. The van der Waals surface area contributed by atoms with Gasteiger partial charge in [-0.1, -0.05) is 37.1 Å². The largest absolute Gasteiger partial charge is 0.460 e. The zero-order valence-electron chi connectivity index (χ0n) is 20.7. The average Bonchev–Trinajstić information content (AvgIpc) is 3.25. The van der Waals surface area contributed by atoms with Crippen LogP contribution in [0.4, 0.5) is 0 Å². The van der Waals surface area contributed by atoms with Gasteiger partial charge in [-0.3, -0.25) is 9.59 Å².